The molecule has 1 aliphatic rings. The SMILES string of the molecule is C(=NCC1CCCC(CN=Cc2ccccc2)C1)c1ccccc1. The molecule has 1 fully saturated rings. The first kappa shape index (κ1) is 16.6. The van der Waals surface area contributed by atoms with E-state index in [9.17, 15) is 0 Å². The lowest BCUT2D eigenvalue weighted by molar-refractivity contribution is 0.278. The predicted molar refractivity (Wildman–Crippen MR) is 103 cm³/mol. The van der Waals surface area contributed by atoms with Gasteiger partial charge in [-0.2, -0.15) is 0 Å². The largest absolute Gasteiger partial charge is 0.292 e. The maximum absolute atomic E-state index is 4.66. The molecule has 2 aromatic carbocycles. The highest BCUT2D eigenvalue weighted by molar-refractivity contribution is 5.79. The number of aliphatic imine (C=N–C) groups is 2. The summed E-state index contributed by atoms with van der Waals surface area (Å²) < 4.78 is 0. The summed E-state index contributed by atoms with van der Waals surface area (Å²) in [5.74, 6) is 1.44. The zero-order valence-corrected chi connectivity index (χ0v) is 14.2. The van der Waals surface area contributed by atoms with Crippen molar-refractivity contribution in [3.05, 3.63) is 71.8 Å². The third-order valence-corrected chi connectivity index (χ3v) is 4.70. The van der Waals surface area contributed by atoms with Crippen molar-refractivity contribution in [2.24, 2.45) is 21.8 Å². The zero-order chi connectivity index (χ0) is 16.5. The van der Waals surface area contributed by atoms with Crippen LogP contribution in [0.3, 0.4) is 0 Å². The monoisotopic (exact) mass is 318 g/mol. The Morgan fingerprint density at radius 3 is 1.62 bits per heavy atom. The van der Waals surface area contributed by atoms with Crippen molar-refractivity contribution in [2.45, 2.75) is 25.7 Å². The lowest BCUT2D eigenvalue weighted by Crippen LogP contribution is -2.20. The molecule has 0 aliphatic heterocycles. The van der Waals surface area contributed by atoms with Crippen molar-refractivity contribution in [2.75, 3.05) is 13.1 Å². The van der Waals surface area contributed by atoms with Gasteiger partial charge < -0.3 is 0 Å². The fourth-order valence-electron chi connectivity index (χ4n) is 3.43. The van der Waals surface area contributed by atoms with Gasteiger partial charge in [-0.3, -0.25) is 9.98 Å². The average Bonchev–Trinajstić information content (AvgIpc) is 2.64. The van der Waals surface area contributed by atoms with Crippen molar-refractivity contribution >= 4 is 12.4 Å². The molecule has 1 aliphatic carbocycles. The Labute approximate surface area is 145 Å². The first-order chi connectivity index (χ1) is 11.9. The Morgan fingerprint density at radius 1 is 0.708 bits per heavy atom. The molecular formula is C22H26N2. The minimum Gasteiger partial charge on any atom is -0.292 e. The van der Waals surface area contributed by atoms with E-state index in [0.29, 0.717) is 0 Å². The summed E-state index contributed by atoms with van der Waals surface area (Å²) in [5.41, 5.74) is 2.38. The van der Waals surface area contributed by atoms with Crippen LogP contribution in [0.25, 0.3) is 0 Å². The quantitative estimate of drug-likeness (QED) is 0.667. The second-order valence-electron chi connectivity index (χ2n) is 6.71. The molecule has 2 unspecified atom stereocenters. The summed E-state index contributed by atoms with van der Waals surface area (Å²) in [6.45, 7) is 1.90. The number of rotatable bonds is 6. The number of benzene rings is 2. The molecule has 0 N–H and O–H groups in total. The highest BCUT2D eigenvalue weighted by Gasteiger charge is 2.21. The van der Waals surface area contributed by atoms with Gasteiger partial charge in [0, 0.05) is 25.5 Å². The van der Waals surface area contributed by atoms with Crippen LogP contribution in [0.5, 0.6) is 0 Å². The smallest absolute Gasteiger partial charge is 0.0417 e. The van der Waals surface area contributed by atoms with Gasteiger partial charge in [0.1, 0.15) is 0 Å². The van der Waals surface area contributed by atoms with E-state index in [1.165, 1.54) is 36.8 Å². The number of nitrogens with zero attached hydrogens (tertiary/aromatic N) is 2. The van der Waals surface area contributed by atoms with Gasteiger partial charge >= 0.3 is 0 Å². The minimum absolute atomic E-state index is 0.718. The molecule has 0 aromatic heterocycles. The maximum atomic E-state index is 4.66. The highest BCUT2D eigenvalue weighted by Crippen LogP contribution is 2.29. The molecule has 0 heterocycles. The normalized spacial score (nSPS) is 21.5. The zero-order valence-electron chi connectivity index (χ0n) is 14.2. The summed E-state index contributed by atoms with van der Waals surface area (Å²) in [5, 5.41) is 0. The van der Waals surface area contributed by atoms with Gasteiger partial charge in [-0.15, -0.1) is 0 Å². The van der Waals surface area contributed by atoms with Crippen LogP contribution < -0.4 is 0 Å². The van der Waals surface area contributed by atoms with Crippen LogP contribution in [0.4, 0.5) is 0 Å². The van der Waals surface area contributed by atoms with Crippen LogP contribution in [-0.4, -0.2) is 25.5 Å². The van der Waals surface area contributed by atoms with Crippen LogP contribution in [0.1, 0.15) is 36.8 Å². The van der Waals surface area contributed by atoms with Gasteiger partial charge in [0.15, 0.2) is 0 Å². The summed E-state index contributed by atoms with van der Waals surface area (Å²) in [7, 11) is 0. The van der Waals surface area contributed by atoms with Crippen molar-refractivity contribution in [3.63, 3.8) is 0 Å². The summed E-state index contributed by atoms with van der Waals surface area (Å²) in [6, 6.07) is 20.7. The van der Waals surface area contributed by atoms with Crippen LogP contribution in [-0.2, 0) is 0 Å². The Balaban J connectivity index is 1.44. The van der Waals surface area contributed by atoms with E-state index < -0.39 is 0 Å². The number of hydrogen-bond donors (Lipinski definition) is 0. The Kier molecular flexibility index (Phi) is 6.35. The molecule has 0 amide bonds. The second kappa shape index (κ2) is 9.17. The highest BCUT2D eigenvalue weighted by atomic mass is 14.7. The Bertz CT molecular complexity index is 589. The maximum Gasteiger partial charge on any atom is 0.0417 e. The second-order valence-corrected chi connectivity index (χ2v) is 6.71. The predicted octanol–water partition coefficient (Wildman–Crippen LogP) is 5.03. The minimum atomic E-state index is 0.718. The van der Waals surface area contributed by atoms with Gasteiger partial charge in [0.25, 0.3) is 0 Å². The lowest BCUT2D eigenvalue weighted by Gasteiger charge is -2.27. The van der Waals surface area contributed by atoms with Crippen LogP contribution in [0, 0.1) is 11.8 Å². The fraction of sp³-hybridized carbons (Fsp3) is 0.364. The molecule has 0 bridgehead atoms. The molecule has 2 nitrogen and oxygen atoms in total. The van der Waals surface area contributed by atoms with Crippen LogP contribution in [0.2, 0.25) is 0 Å². The molecule has 1 saturated carbocycles. The average molecular weight is 318 g/mol. The fourth-order valence-corrected chi connectivity index (χ4v) is 3.43. The summed E-state index contributed by atoms with van der Waals surface area (Å²) >= 11 is 0. The molecule has 24 heavy (non-hydrogen) atoms. The van der Waals surface area contributed by atoms with Crippen molar-refractivity contribution in [1.29, 1.82) is 0 Å². The molecule has 2 atom stereocenters. The third-order valence-electron chi connectivity index (χ3n) is 4.70. The first-order valence-electron chi connectivity index (χ1n) is 9.00. The van der Waals surface area contributed by atoms with Gasteiger partial charge in [0.05, 0.1) is 0 Å². The van der Waals surface area contributed by atoms with E-state index in [2.05, 4.69) is 58.5 Å². The molecule has 124 valence electrons. The van der Waals surface area contributed by atoms with Crippen LogP contribution in [0.15, 0.2) is 70.6 Å². The topological polar surface area (TPSA) is 24.7 Å². The van der Waals surface area contributed by atoms with Crippen LogP contribution >= 0.6 is 0 Å². The lowest BCUT2D eigenvalue weighted by atomic mass is 9.81. The molecule has 2 heteroatoms. The molecule has 2 aromatic rings. The van der Waals surface area contributed by atoms with E-state index in [-0.39, 0.29) is 0 Å². The Hall–Kier alpha value is -2.22. The van der Waals surface area contributed by atoms with E-state index in [0.717, 1.165) is 24.9 Å². The van der Waals surface area contributed by atoms with E-state index in [1.807, 2.05) is 24.6 Å². The number of hydrogen-bond acceptors (Lipinski definition) is 2. The molecule has 0 saturated heterocycles. The van der Waals surface area contributed by atoms with Crippen molar-refractivity contribution in [3.8, 4) is 0 Å². The van der Waals surface area contributed by atoms with Gasteiger partial charge in [-0.05, 0) is 42.2 Å². The first-order valence-corrected chi connectivity index (χ1v) is 9.00. The Morgan fingerprint density at radius 2 is 1.17 bits per heavy atom. The van der Waals surface area contributed by atoms with E-state index in [4.69, 9.17) is 0 Å². The van der Waals surface area contributed by atoms with Gasteiger partial charge in [-0.1, -0.05) is 67.1 Å². The molecule has 3 rings (SSSR count). The third kappa shape index (κ3) is 5.45. The summed E-state index contributed by atoms with van der Waals surface area (Å²) in [6.07, 6.45) is 9.22. The van der Waals surface area contributed by atoms with Gasteiger partial charge in [-0.25, -0.2) is 0 Å². The summed E-state index contributed by atoms with van der Waals surface area (Å²) in [4.78, 5) is 9.33. The standard InChI is InChI=1S/C22H26N2/c1-3-8-19(9-4-1)15-23-17-21-12-7-13-22(14-21)18-24-16-20-10-5-2-6-11-20/h1-6,8-11,15-16,21-22H,7,12-14,17-18H2. The molecular weight excluding hydrogens is 292 g/mol. The van der Waals surface area contributed by atoms with E-state index >= 15 is 0 Å². The molecule has 0 radical (unpaired) electrons. The van der Waals surface area contributed by atoms with Crippen molar-refractivity contribution in [1.82, 2.24) is 0 Å². The van der Waals surface area contributed by atoms with E-state index in [1.54, 1.807) is 0 Å². The molecule has 0 spiro atoms. The van der Waals surface area contributed by atoms with Gasteiger partial charge in [0.2, 0.25) is 0 Å². The van der Waals surface area contributed by atoms with Crippen molar-refractivity contribution < 1.29 is 0 Å².